The summed E-state index contributed by atoms with van der Waals surface area (Å²) in [5, 5.41) is 27.4. The van der Waals surface area contributed by atoms with Crippen molar-refractivity contribution in [1.29, 1.82) is 5.26 Å². The van der Waals surface area contributed by atoms with Crippen molar-refractivity contribution in [2.45, 2.75) is 13.5 Å². The van der Waals surface area contributed by atoms with Crippen molar-refractivity contribution in [3.63, 3.8) is 0 Å². The van der Waals surface area contributed by atoms with Crippen LogP contribution >= 0.6 is 0 Å². The molecule has 0 unspecified atom stereocenters. The summed E-state index contributed by atoms with van der Waals surface area (Å²) in [6, 6.07) is 16.6. The monoisotopic (exact) mass is 362 g/mol. The standard InChI is InChI=1S/C20H15FN4O2/c1-13-15(11-22)19(26)25(12-14-7-3-2-4-8-14)20(27)18(13)24-23-17-10-6-5-9-16(17)21/h2-10,26H,12H2,1H3. The molecule has 0 atom stereocenters. The van der Waals surface area contributed by atoms with Gasteiger partial charge in [0.2, 0.25) is 5.88 Å². The lowest BCUT2D eigenvalue weighted by molar-refractivity contribution is 0.412. The van der Waals surface area contributed by atoms with Gasteiger partial charge in [0.1, 0.15) is 17.3 Å². The maximum atomic E-state index is 13.7. The molecule has 0 spiro atoms. The van der Waals surface area contributed by atoms with Crippen LogP contribution in [0.15, 0.2) is 69.6 Å². The molecule has 0 fully saturated rings. The molecule has 1 heterocycles. The predicted molar refractivity (Wildman–Crippen MR) is 97.9 cm³/mol. The van der Waals surface area contributed by atoms with Crippen LogP contribution in [0.4, 0.5) is 15.8 Å². The molecule has 134 valence electrons. The zero-order chi connectivity index (χ0) is 19.4. The average Bonchev–Trinajstić information content (AvgIpc) is 2.67. The van der Waals surface area contributed by atoms with E-state index in [2.05, 4.69) is 10.2 Å². The third-order valence-corrected chi connectivity index (χ3v) is 4.06. The molecule has 1 N–H and O–H groups in total. The highest BCUT2D eigenvalue weighted by molar-refractivity contribution is 5.57. The maximum absolute atomic E-state index is 13.7. The van der Waals surface area contributed by atoms with Gasteiger partial charge in [0.25, 0.3) is 5.56 Å². The minimum absolute atomic E-state index is 0.0301. The molecule has 2 aromatic carbocycles. The molecule has 3 rings (SSSR count). The molecular weight excluding hydrogens is 347 g/mol. The Labute approximate surface area is 154 Å². The van der Waals surface area contributed by atoms with Crippen LogP contribution in [0.1, 0.15) is 16.7 Å². The van der Waals surface area contributed by atoms with Gasteiger partial charge >= 0.3 is 0 Å². The Bertz CT molecular complexity index is 1120. The van der Waals surface area contributed by atoms with E-state index < -0.39 is 17.3 Å². The number of hydrogen-bond donors (Lipinski definition) is 1. The number of pyridine rings is 1. The Balaban J connectivity index is 2.14. The van der Waals surface area contributed by atoms with Gasteiger partial charge in [0, 0.05) is 5.56 Å². The van der Waals surface area contributed by atoms with E-state index in [1.54, 1.807) is 30.3 Å². The first kappa shape index (κ1) is 18.0. The molecule has 7 heteroatoms. The minimum atomic E-state index is -0.618. The molecule has 1 aromatic heterocycles. The van der Waals surface area contributed by atoms with Gasteiger partial charge < -0.3 is 5.11 Å². The largest absolute Gasteiger partial charge is 0.493 e. The highest BCUT2D eigenvalue weighted by atomic mass is 19.1. The highest BCUT2D eigenvalue weighted by Crippen LogP contribution is 2.27. The lowest BCUT2D eigenvalue weighted by Crippen LogP contribution is -2.22. The van der Waals surface area contributed by atoms with Crippen LogP contribution < -0.4 is 5.56 Å². The molecule has 0 aliphatic heterocycles. The fourth-order valence-corrected chi connectivity index (χ4v) is 2.61. The first-order valence-corrected chi connectivity index (χ1v) is 8.09. The summed E-state index contributed by atoms with van der Waals surface area (Å²) >= 11 is 0. The summed E-state index contributed by atoms with van der Waals surface area (Å²) in [7, 11) is 0. The van der Waals surface area contributed by atoms with Crippen LogP contribution in [-0.2, 0) is 6.54 Å². The lowest BCUT2D eigenvalue weighted by Gasteiger charge is -2.13. The third-order valence-electron chi connectivity index (χ3n) is 4.06. The zero-order valence-electron chi connectivity index (χ0n) is 14.4. The molecule has 0 aliphatic carbocycles. The van der Waals surface area contributed by atoms with E-state index in [1.807, 2.05) is 12.1 Å². The maximum Gasteiger partial charge on any atom is 0.281 e. The number of nitrogens with zero attached hydrogens (tertiary/aromatic N) is 4. The third kappa shape index (κ3) is 3.60. The van der Waals surface area contributed by atoms with Crippen molar-refractivity contribution >= 4 is 11.4 Å². The number of halogens is 1. The number of aromatic hydroxyl groups is 1. The van der Waals surface area contributed by atoms with Crippen molar-refractivity contribution in [2.75, 3.05) is 0 Å². The molecule has 6 nitrogen and oxygen atoms in total. The molecule has 3 aromatic rings. The second kappa shape index (κ2) is 7.62. The van der Waals surface area contributed by atoms with Gasteiger partial charge in [-0.05, 0) is 24.6 Å². The first-order valence-electron chi connectivity index (χ1n) is 8.09. The van der Waals surface area contributed by atoms with E-state index >= 15 is 0 Å². The summed E-state index contributed by atoms with van der Waals surface area (Å²) in [6.07, 6.45) is 0. The smallest absolute Gasteiger partial charge is 0.281 e. The highest BCUT2D eigenvalue weighted by Gasteiger charge is 2.19. The molecule has 0 aliphatic rings. The lowest BCUT2D eigenvalue weighted by atomic mass is 10.1. The van der Waals surface area contributed by atoms with Gasteiger partial charge in [-0.25, -0.2) is 4.39 Å². The number of rotatable bonds is 4. The summed E-state index contributed by atoms with van der Waals surface area (Å²) in [6.45, 7) is 1.55. The van der Waals surface area contributed by atoms with Gasteiger partial charge in [0.15, 0.2) is 11.5 Å². The van der Waals surface area contributed by atoms with E-state index in [1.165, 1.54) is 25.1 Å². The second-order valence-electron chi connectivity index (χ2n) is 5.81. The van der Waals surface area contributed by atoms with E-state index in [4.69, 9.17) is 0 Å². The van der Waals surface area contributed by atoms with Crippen molar-refractivity contribution in [2.24, 2.45) is 10.2 Å². The molecule has 0 saturated carbocycles. The van der Waals surface area contributed by atoms with Crippen LogP contribution in [0, 0.1) is 24.1 Å². The van der Waals surface area contributed by atoms with Crippen LogP contribution in [0.3, 0.4) is 0 Å². The average molecular weight is 362 g/mol. The summed E-state index contributed by atoms with van der Waals surface area (Å²) < 4.78 is 14.8. The molecule has 27 heavy (non-hydrogen) atoms. The molecule has 0 amide bonds. The van der Waals surface area contributed by atoms with Crippen LogP contribution in [0.5, 0.6) is 5.88 Å². The summed E-state index contributed by atoms with van der Waals surface area (Å²) in [5.74, 6) is -1.02. The molecule has 0 saturated heterocycles. The summed E-state index contributed by atoms with van der Waals surface area (Å²) in [4.78, 5) is 12.8. The van der Waals surface area contributed by atoms with E-state index in [0.717, 1.165) is 10.1 Å². The van der Waals surface area contributed by atoms with Gasteiger partial charge in [-0.3, -0.25) is 9.36 Å². The minimum Gasteiger partial charge on any atom is -0.493 e. The number of hydrogen-bond acceptors (Lipinski definition) is 5. The Morgan fingerprint density at radius 1 is 1.11 bits per heavy atom. The zero-order valence-corrected chi connectivity index (χ0v) is 14.4. The molecule has 0 bridgehead atoms. The number of azo groups is 1. The summed E-state index contributed by atoms with van der Waals surface area (Å²) in [5.41, 5.74) is 0.103. The quantitative estimate of drug-likeness (QED) is 0.700. The fourth-order valence-electron chi connectivity index (χ4n) is 2.61. The van der Waals surface area contributed by atoms with Crippen molar-refractivity contribution in [3.8, 4) is 11.9 Å². The van der Waals surface area contributed by atoms with E-state index in [-0.39, 0.29) is 29.0 Å². The Morgan fingerprint density at radius 3 is 2.44 bits per heavy atom. The fraction of sp³-hybridized carbons (Fsp3) is 0.100. The van der Waals surface area contributed by atoms with Crippen molar-refractivity contribution < 1.29 is 9.50 Å². The van der Waals surface area contributed by atoms with Crippen LogP contribution in [0.2, 0.25) is 0 Å². The Hall–Kier alpha value is -3.79. The van der Waals surface area contributed by atoms with Crippen molar-refractivity contribution in [3.05, 3.63) is 87.5 Å². The first-order chi connectivity index (χ1) is 13.0. The van der Waals surface area contributed by atoms with Crippen LogP contribution in [0.25, 0.3) is 0 Å². The Kier molecular flexibility index (Phi) is 5.08. The van der Waals surface area contributed by atoms with E-state index in [0.29, 0.717) is 0 Å². The molecular formula is C20H15FN4O2. The number of nitriles is 1. The van der Waals surface area contributed by atoms with Gasteiger partial charge in [-0.2, -0.15) is 5.26 Å². The topological polar surface area (TPSA) is 90.7 Å². The number of aromatic nitrogens is 1. The van der Waals surface area contributed by atoms with Crippen molar-refractivity contribution in [1.82, 2.24) is 4.57 Å². The Morgan fingerprint density at radius 2 is 1.78 bits per heavy atom. The second-order valence-corrected chi connectivity index (χ2v) is 5.81. The normalized spacial score (nSPS) is 10.9. The van der Waals surface area contributed by atoms with Gasteiger partial charge in [-0.15, -0.1) is 10.2 Å². The molecule has 0 radical (unpaired) electrons. The predicted octanol–water partition coefficient (Wildman–Crippen LogP) is 4.34. The van der Waals surface area contributed by atoms with Gasteiger partial charge in [-0.1, -0.05) is 42.5 Å². The SMILES string of the molecule is Cc1c(C#N)c(O)n(Cc2ccccc2)c(=O)c1N=Nc1ccccc1F. The van der Waals surface area contributed by atoms with Crippen LogP contribution in [-0.4, -0.2) is 9.67 Å². The van der Waals surface area contributed by atoms with E-state index in [9.17, 15) is 19.6 Å². The number of benzene rings is 2. The van der Waals surface area contributed by atoms with Gasteiger partial charge in [0.05, 0.1) is 6.54 Å².